The van der Waals surface area contributed by atoms with Crippen LogP contribution in [-0.4, -0.2) is 40.9 Å². The molecule has 5 rings (SSSR count). The molecule has 2 aliphatic heterocycles. The lowest BCUT2D eigenvalue weighted by Crippen LogP contribution is -2.51. The van der Waals surface area contributed by atoms with Gasteiger partial charge < -0.3 is 15.0 Å². The molecule has 0 spiro atoms. The number of nitrogens with zero attached hydrogens (tertiary/aromatic N) is 5. The van der Waals surface area contributed by atoms with E-state index in [1.807, 2.05) is 22.9 Å². The van der Waals surface area contributed by atoms with Crippen LogP contribution in [0.4, 0.5) is 0 Å². The first-order valence-corrected chi connectivity index (χ1v) is 9.92. The van der Waals surface area contributed by atoms with Gasteiger partial charge in [0.25, 0.3) is 0 Å². The summed E-state index contributed by atoms with van der Waals surface area (Å²) >= 11 is 0. The van der Waals surface area contributed by atoms with Crippen LogP contribution in [0.2, 0.25) is 0 Å². The fourth-order valence-electron chi connectivity index (χ4n) is 4.80. The molecule has 3 aromatic rings. The highest BCUT2D eigenvalue weighted by Crippen LogP contribution is 2.44. The molecule has 7 nitrogen and oxygen atoms in total. The second-order valence-electron chi connectivity index (χ2n) is 8.78. The third-order valence-electron chi connectivity index (χ3n) is 6.04. The molecule has 2 bridgehead atoms. The minimum atomic E-state index is 0.134. The molecule has 29 heavy (non-hydrogen) atoms. The normalized spacial score (nSPS) is 27.4. The number of aromatic hydroxyl groups is 1. The predicted molar refractivity (Wildman–Crippen MR) is 110 cm³/mol. The van der Waals surface area contributed by atoms with E-state index in [1.54, 1.807) is 24.8 Å². The van der Waals surface area contributed by atoms with Crippen molar-refractivity contribution in [3.63, 3.8) is 0 Å². The van der Waals surface area contributed by atoms with E-state index in [0.29, 0.717) is 17.1 Å². The summed E-state index contributed by atoms with van der Waals surface area (Å²) < 4.78 is 1.83. The Labute approximate surface area is 169 Å². The van der Waals surface area contributed by atoms with Gasteiger partial charge in [0, 0.05) is 35.1 Å². The van der Waals surface area contributed by atoms with Crippen LogP contribution in [0, 0.1) is 0 Å². The van der Waals surface area contributed by atoms with E-state index in [0.717, 1.165) is 18.5 Å². The second-order valence-corrected chi connectivity index (χ2v) is 8.78. The maximum Gasteiger partial charge on any atom is 0.174 e. The summed E-state index contributed by atoms with van der Waals surface area (Å²) in [5.41, 5.74) is 3.70. The van der Waals surface area contributed by atoms with Gasteiger partial charge in [-0.25, -0.2) is 9.97 Å². The quantitative estimate of drug-likeness (QED) is 0.714. The SMILES string of the molecule is C[C@]12CC[C@](C)(CC(=Cc3ncc(-c4ccc(-n5ccnc5)cc4O)nn3)C1)N2. The fourth-order valence-corrected chi connectivity index (χ4v) is 4.80. The Hall–Kier alpha value is -3.06. The number of aromatic nitrogens is 5. The number of phenolic OH excluding ortho intramolecular Hbond substituents is 1. The number of imidazole rings is 1. The van der Waals surface area contributed by atoms with Crippen molar-refractivity contribution in [3.8, 4) is 22.7 Å². The van der Waals surface area contributed by atoms with Crippen molar-refractivity contribution in [2.75, 3.05) is 0 Å². The van der Waals surface area contributed by atoms with Crippen molar-refractivity contribution < 1.29 is 5.11 Å². The van der Waals surface area contributed by atoms with Gasteiger partial charge in [-0.2, -0.15) is 0 Å². The van der Waals surface area contributed by atoms with Crippen molar-refractivity contribution in [2.24, 2.45) is 0 Å². The Balaban J connectivity index is 1.38. The smallest absolute Gasteiger partial charge is 0.174 e. The third-order valence-corrected chi connectivity index (χ3v) is 6.04. The molecule has 2 aromatic heterocycles. The summed E-state index contributed by atoms with van der Waals surface area (Å²) in [4.78, 5) is 8.51. The molecule has 1 aromatic carbocycles. The van der Waals surface area contributed by atoms with Crippen molar-refractivity contribution in [1.29, 1.82) is 0 Å². The Morgan fingerprint density at radius 2 is 1.93 bits per heavy atom. The zero-order chi connectivity index (χ0) is 20.1. The molecule has 0 radical (unpaired) electrons. The lowest BCUT2D eigenvalue weighted by atomic mass is 9.84. The number of rotatable bonds is 3. The van der Waals surface area contributed by atoms with Crippen LogP contribution in [0.3, 0.4) is 0 Å². The van der Waals surface area contributed by atoms with E-state index < -0.39 is 0 Å². The molecule has 2 saturated heterocycles. The number of hydrogen-bond donors (Lipinski definition) is 2. The number of phenols is 1. The largest absolute Gasteiger partial charge is 0.507 e. The summed E-state index contributed by atoms with van der Waals surface area (Å²) in [6.07, 6.45) is 13.4. The van der Waals surface area contributed by atoms with Crippen molar-refractivity contribution in [2.45, 2.75) is 50.6 Å². The molecular weight excluding hydrogens is 364 g/mol. The van der Waals surface area contributed by atoms with E-state index in [-0.39, 0.29) is 16.8 Å². The standard InChI is InChI=1S/C22H24N6O/c1-21-5-6-22(2,27-21)12-15(11-21)9-20-24-13-18(25-26-20)17-4-3-16(10-19(17)29)28-8-7-23-14-28/h3-4,7-10,13-14,27,29H,5-6,11-12H2,1-2H3/t21-,22+. The Kier molecular flexibility index (Phi) is 4.03. The molecular formula is C22H24N6O. The monoisotopic (exact) mass is 388 g/mol. The number of piperidine rings is 1. The molecule has 0 aliphatic carbocycles. The average Bonchev–Trinajstić information content (AvgIpc) is 3.28. The van der Waals surface area contributed by atoms with Crippen molar-refractivity contribution >= 4 is 6.08 Å². The van der Waals surface area contributed by atoms with Crippen LogP contribution < -0.4 is 5.32 Å². The molecule has 4 heterocycles. The molecule has 0 unspecified atom stereocenters. The number of nitrogens with one attached hydrogen (secondary N) is 1. The van der Waals surface area contributed by atoms with Crippen LogP contribution in [0.25, 0.3) is 23.0 Å². The van der Waals surface area contributed by atoms with E-state index in [1.165, 1.54) is 18.4 Å². The lowest BCUT2D eigenvalue weighted by molar-refractivity contribution is 0.282. The molecule has 2 fully saturated rings. The number of benzene rings is 1. The highest BCUT2D eigenvalue weighted by Gasteiger charge is 2.46. The molecule has 2 aliphatic rings. The Bertz CT molecular complexity index is 1060. The summed E-state index contributed by atoms with van der Waals surface area (Å²) in [6.45, 7) is 4.59. The zero-order valence-electron chi connectivity index (χ0n) is 16.6. The molecule has 2 atom stereocenters. The number of hydrogen-bond acceptors (Lipinski definition) is 6. The zero-order valence-corrected chi connectivity index (χ0v) is 16.6. The van der Waals surface area contributed by atoms with Crippen molar-refractivity contribution in [1.82, 2.24) is 30.0 Å². The molecule has 7 heteroatoms. The van der Waals surface area contributed by atoms with Gasteiger partial charge in [0.15, 0.2) is 5.82 Å². The number of fused-ring (bicyclic) bond motifs is 2. The van der Waals surface area contributed by atoms with Gasteiger partial charge in [0.2, 0.25) is 0 Å². The first-order valence-electron chi connectivity index (χ1n) is 9.92. The van der Waals surface area contributed by atoms with Gasteiger partial charge in [-0.15, -0.1) is 10.2 Å². The molecule has 0 saturated carbocycles. The summed E-state index contributed by atoms with van der Waals surface area (Å²) in [6, 6.07) is 5.40. The maximum absolute atomic E-state index is 10.4. The van der Waals surface area contributed by atoms with Crippen LogP contribution in [0.5, 0.6) is 5.75 Å². The van der Waals surface area contributed by atoms with Gasteiger partial charge in [0.1, 0.15) is 11.4 Å². The average molecular weight is 388 g/mol. The fraction of sp³-hybridized carbons (Fsp3) is 0.364. The summed E-state index contributed by atoms with van der Waals surface area (Å²) in [7, 11) is 0. The highest BCUT2D eigenvalue weighted by molar-refractivity contribution is 5.68. The van der Waals surface area contributed by atoms with Gasteiger partial charge in [-0.1, -0.05) is 5.57 Å². The minimum absolute atomic E-state index is 0.134. The van der Waals surface area contributed by atoms with Gasteiger partial charge >= 0.3 is 0 Å². The summed E-state index contributed by atoms with van der Waals surface area (Å²) in [5.74, 6) is 0.751. The highest BCUT2D eigenvalue weighted by atomic mass is 16.3. The van der Waals surface area contributed by atoms with E-state index in [9.17, 15) is 5.11 Å². The molecule has 148 valence electrons. The first kappa shape index (κ1) is 18.0. The third kappa shape index (κ3) is 3.42. The molecule has 0 amide bonds. The van der Waals surface area contributed by atoms with E-state index >= 15 is 0 Å². The first-order chi connectivity index (χ1) is 13.9. The predicted octanol–water partition coefficient (Wildman–Crippen LogP) is 3.51. The van der Waals surface area contributed by atoms with Crippen LogP contribution in [0.1, 0.15) is 45.4 Å². The molecule has 2 N–H and O–H groups in total. The van der Waals surface area contributed by atoms with Crippen LogP contribution in [0.15, 0.2) is 48.7 Å². The van der Waals surface area contributed by atoms with Gasteiger partial charge in [-0.3, -0.25) is 0 Å². The minimum Gasteiger partial charge on any atom is -0.507 e. The van der Waals surface area contributed by atoms with E-state index in [2.05, 4.69) is 45.4 Å². The Morgan fingerprint density at radius 1 is 1.14 bits per heavy atom. The lowest BCUT2D eigenvalue weighted by Gasteiger charge is -2.38. The van der Waals surface area contributed by atoms with Gasteiger partial charge in [-0.05, 0) is 57.7 Å². The van der Waals surface area contributed by atoms with Crippen LogP contribution >= 0.6 is 0 Å². The van der Waals surface area contributed by atoms with Crippen molar-refractivity contribution in [3.05, 3.63) is 54.5 Å². The summed E-state index contributed by atoms with van der Waals surface area (Å²) in [5, 5.41) is 22.8. The topological polar surface area (TPSA) is 88.8 Å². The van der Waals surface area contributed by atoms with Gasteiger partial charge in [0.05, 0.1) is 18.2 Å². The second kappa shape index (κ2) is 6.49. The van der Waals surface area contributed by atoms with Crippen LogP contribution in [-0.2, 0) is 0 Å². The Morgan fingerprint density at radius 3 is 2.55 bits per heavy atom. The van der Waals surface area contributed by atoms with E-state index in [4.69, 9.17) is 0 Å². The maximum atomic E-state index is 10.4.